The van der Waals surface area contributed by atoms with E-state index in [1.54, 1.807) is 6.33 Å². The first-order chi connectivity index (χ1) is 21.4. The highest BCUT2D eigenvalue weighted by Crippen LogP contribution is 2.56. The molecule has 3 aromatic rings. The summed E-state index contributed by atoms with van der Waals surface area (Å²) in [5.41, 5.74) is 4.39. The zero-order valence-corrected chi connectivity index (χ0v) is 31.6. The van der Waals surface area contributed by atoms with Crippen LogP contribution in [0.5, 0.6) is 0 Å². The second-order valence-electron chi connectivity index (χ2n) is 16.6. The van der Waals surface area contributed by atoms with Crippen LogP contribution in [0.25, 0.3) is 22.4 Å². The maximum absolute atomic E-state index is 7.31. The molecule has 252 valence electrons. The number of anilines is 1. The van der Waals surface area contributed by atoms with E-state index in [0.29, 0.717) is 12.3 Å². The smallest absolute Gasteiger partial charge is 0.349 e. The van der Waals surface area contributed by atoms with Gasteiger partial charge in [0.05, 0.1) is 26.1 Å². The van der Waals surface area contributed by atoms with Crippen molar-refractivity contribution in [1.29, 1.82) is 0 Å². The van der Waals surface area contributed by atoms with Crippen molar-refractivity contribution in [1.82, 2.24) is 19.5 Å². The van der Waals surface area contributed by atoms with Crippen LogP contribution in [0.15, 0.2) is 36.9 Å². The molecule has 0 amide bonds. The highest BCUT2D eigenvalue weighted by Gasteiger charge is 2.66. The van der Waals surface area contributed by atoms with Gasteiger partial charge in [-0.15, -0.1) is 0 Å². The summed E-state index contributed by atoms with van der Waals surface area (Å²) in [6.45, 7) is 28.6. The van der Waals surface area contributed by atoms with E-state index in [1.807, 2.05) is 10.9 Å². The third-order valence-electron chi connectivity index (χ3n) is 10.4. The SMILES string of the molecule is CC(C)(C)[Si](C)(C)O[C@H]1[C@H]2O[Si](C(C)(C)C)(C(C)(C)C)OC[C@H]2O[C@H]1n1cnc2c(-c3cccc(N4CCOCC4)c3)ncnc21. The summed E-state index contributed by atoms with van der Waals surface area (Å²) in [7, 11) is -5.04. The topological polar surface area (TPSA) is 93.0 Å². The van der Waals surface area contributed by atoms with Crippen LogP contribution in [0.4, 0.5) is 5.69 Å². The fourth-order valence-corrected chi connectivity index (χ4v) is 13.4. The Hall–Kier alpha value is -2.20. The second kappa shape index (κ2) is 11.7. The molecule has 3 fully saturated rings. The summed E-state index contributed by atoms with van der Waals surface area (Å²) in [5.74, 6) is 0. The quantitative estimate of drug-likeness (QED) is 0.265. The van der Waals surface area contributed by atoms with Crippen LogP contribution in [0, 0.1) is 0 Å². The van der Waals surface area contributed by atoms with Gasteiger partial charge in [-0.05, 0) is 30.3 Å². The zero-order valence-electron chi connectivity index (χ0n) is 29.6. The molecule has 0 bridgehead atoms. The number of aromatic nitrogens is 4. The molecule has 3 aliphatic rings. The minimum absolute atomic E-state index is 0.00121. The number of hydrogen-bond acceptors (Lipinski definition) is 9. The third kappa shape index (κ3) is 5.77. The molecule has 0 aliphatic carbocycles. The average molecular weight is 668 g/mol. The van der Waals surface area contributed by atoms with E-state index in [4.69, 9.17) is 37.7 Å². The first kappa shape index (κ1) is 33.7. The van der Waals surface area contributed by atoms with Crippen LogP contribution in [0.2, 0.25) is 28.2 Å². The Morgan fingerprint density at radius 3 is 2.28 bits per heavy atom. The lowest BCUT2D eigenvalue weighted by atomic mass is 10.1. The van der Waals surface area contributed by atoms with Crippen LogP contribution >= 0.6 is 0 Å². The fraction of sp³-hybridized carbons (Fsp3) is 0.676. The Kier molecular flexibility index (Phi) is 8.60. The summed E-state index contributed by atoms with van der Waals surface area (Å²) >= 11 is 0. The molecule has 10 nitrogen and oxygen atoms in total. The molecule has 2 aromatic heterocycles. The minimum Gasteiger partial charge on any atom is -0.407 e. The summed E-state index contributed by atoms with van der Waals surface area (Å²) < 4.78 is 35.9. The van der Waals surface area contributed by atoms with Crippen molar-refractivity contribution >= 4 is 33.7 Å². The van der Waals surface area contributed by atoms with Gasteiger partial charge in [0.15, 0.2) is 20.2 Å². The van der Waals surface area contributed by atoms with Gasteiger partial charge in [-0.1, -0.05) is 74.4 Å². The van der Waals surface area contributed by atoms with Crippen LogP contribution in [-0.2, 0) is 22.8 Å². The summed E-state index contributed by atoms with van der Waals surface area (Å²) in [6.07, 6.45) is 2.07. The Morgan fingerprint density at radius 2 is 1.63 bits per heavy atom. The van der Waals surface area contributed by atoms with E-state index in [-0.39, 0.29) is 33.4 Å². The highest BCUT2D eigenvalue weighted by atomic mass is 28.4. The van der Waals surface area contributed by atoms with E-state index in [0.717, 1.165) is 48.8 Å². The van der Waals surface area contributed by atoms with Gasteiger partial charge in [-0.3, -0.25) is 4.57 Å². The van der Waals surface area contributed by atoms with E-state index in [1.165, 1.54) is 0 Å². The predicted octanol–water partition coefficient (Wildman–Crippen LogP) is 7.08. The van der Waals surface area contributed by atoms with Gasteiger partial charge < -0.3 is 27.7 Å². The first-order valence-electron chi connectivity index (χ1n) is 16.7. The van der Waals surface area contributed by atoms with Crippen LogP contribution in [-0.4, -0.2) is 87.6 Å². The standard InChI is InChI=1S/C34H53N5O5Si2/c1-32(2,3)45(10,11)43-29-28-25(20-41-46(44-28,33(4,5)6)34(7,8)9)42-31(29)39-22-37-27-26(35-21-36-30(27)39)23-13-12-14-24(19-23)38-15-17-40-18-16-38/h12-14,19,21-22,25,28-29,31H,15-18,20H2,1-11H3/t25-,28+,29+,31-/m1/s1. The van der Waals surface area contributed by atoms with Gasteiger partial charge in [0, 0.05) is 34.4 Å². The number of benzene rings is 1. The maximum Gasteiger partial charge on any atom is 0.349 e. The van der Waals surface area contributed by atoms with Crippen LogP contribution in [0.1, 0.15) is 68.5 Å². The molecule has 0 radical (unpaired) electrons. The van der Waals surface area contributed by atoms with Crippen LogP contribution in [0.3, 0.4) is 0 Å². The number of imidazole rings is 1. The van der Waals surface area contributed by atoms with Crippen molar-refractivity contribution < 1.29 is 22.8 Å². The van der Waals surface area contributed by atoms with Crippen molar-refractivity contribution in [3.63, 3.8) is 0 Å². The van der Waals surface area contributed by atoms with Gasteiger partial charge in [0.1, 0.15) is 35.8 Å². The van der Waals surface area contributed by atoms with Gasteiger partial charge >= 0.3 is 8.56 Å². The largest absolute Gasteiger partial charge is 0.407 e. The normalized spacial score (nSPS) is 26.0. The van der Waals surface area contributed by atoms with Crippen molar-refractivity contribution in [2.24, 2.45) is 0 Å². The van der Waals surface area contributed by atoms with Crippen LogP contribution < -0.4 is 4.90 Å². The van der Waals surface area contributed by atoms with Gasteiger partial charge in [-0.25, -0.2) is 15.0 Å². The molecule has 0 N–H and O–H groups in total. The molecule has 0 spiro atoms. The van der Waals surface area contributed by atoms with Crippen molar-refractivity contribution in [2.75, 3.05) is 37.8 Å². The van der Waals surface area contributed by atoms with Crippen molar-refractivity contribution in [2.45, 2.75) is 115 Å². The van der Waals surface area contributed by atoms with E-state index in [9.17, 15) is 0 Å². The molecular formula is C34H53N5O5Si2. The summed E-state index contributed by atoms with van der Waals surface area (Å²) in [4.78, 5) is 16.7. The van der Waals surface area contributed by atoms with Crippen molar-refractivity contribution in [3.8, 4) is 11.3 Å². The molecular weight excluding hydrogens is 615 g/mol. The molecule has 46 heavy (non-hydrogen) atoms. The number of rotatable bonds is 5. The molecule has 1 aromatic carbocycles. The number of fused-ring (bicyclic) bond motifs is 2. The molecule has 3 aliphatic heterocycles. The first-order valence-corrected chi connectivity index (χ1v) is 21.4. The molecule has 3 saturated heterocycles. The van der Waals surface area contributed by atoms with E-state index >= 15 is 0 Å². The Labute approximate surface area is 276 Å². The fourth-order valence-electron chi connectivity index (χ4n) is 7.11. The monoisotopic (exact) mass is 667 g/mol. The third-order valence-corrected chi connectivity index (χ3v) is 20.0. The second-order valence-corrected chi connectivity index (χ2v) is 26.1. The summed E-state index contributed by atoms with van der Waals surface area (Å²) in [5, 5.41) is -0.313. The van der Waals surface area contributed by atoms with Gasteiger partial charge in [0.25, 0.3) is 0 Å². The molecule has 4 atom stereocenters. The highest BCUT2D eigenvalue weighted by molar-refractivity contribution is 6.74. The van der Waals surface area contributed by atoms with Crippen molar-refractivity contribution in [3.05, 3.63) is 36.9 Å². The lowest BCUT2D eigenvalue weighted by Crippen LogP contribution is -2.66. The maximum atomic E-state index is 7.31. The van der Waals surface area contributed by atoms with E-state index in [2.05, 4.69) is 105 Å². The Bertz CT molecular complexity index is 1540. The zero-order chi connectivity index (χ0) is 33.3. The number of hydrogen-bond donors (Lipinski definition) is 0. The number of ether oxygens (including phenoxy) is 2. The number of nitrogens with zero attached hydrogens (tertiary/aromatic N) is 5. The Morgan fingerprint density at radius 1 is 0.935 bits per heavy atom. The molecule has 12 heteroatoms. The number of morpholine rings is 1. The molecule has 5 heterocycles. The molecule has 0 saturated carbocycles. The Balaban J connectivity index is 1.41. The lowest BCUT2D eigenvalue weighted by molar-refractivity contribution is -0.0795. The molecule has 6 rings (SSSR count). The minimum atomic E-state index is -2.78. The van der Waals surface area contributed by atoms with Gasteiger partial charge in [-0.2, -0.15) is 0 Å². The molecule has 0 unspecified atom stereocenters. The lowest BCUT2D eigenvalue weighted by Gasteiger charge is -2.54. The van der Waals surface area contributed by atoms with E-state index < -0.39 is 23.1 Å². The summed E-state index contributed by atoms with van der Waals surface area (Å²) in [6, 6.07) is 8.49. The van der Waals surface area contributed by atoms with Gasteiger partial charge in [0.2, 0.25) is 0 Å². The predicted molar refractivity (Wildman–Crippen MR) is 186 cm³/mol. The average Bonchev–Trinajstić information content (AvgIpc) is 3.56.